The fourth-order valence-corrected chi connectivity index (χ4v) is 4.55. The third kappa shape index (κ3) is 5.98. The Morgan fingerprint density at radius 2 is 1.73 bits per heavy atom. The van der Waals surface area contributed by atoms with Crippen LogP contribution < -0.4 is 10.0 Å². The lowest BCUT2D eigenvalue weighted by Crippen LogP contribution is -2.34. The normalized spacial score (nSPS) is 11.5. The number of halogens is 1. The van der Waals surface area contributed by atoms with Crippen molar-refractivity contribution in [2.45, 2.75) is 17.7 Å². The largest absolute Gasteiger partial charge is 0.355 e. The smallest absolute Gasteiger partial charge is 0.240 e. The number of hydrogen-bond acceptors (Lipinski definition) is 4. The molecule has 2 aromatic heterocycles. The Labute approximate surface area is 197 Å². The molecule has 1 amide bonds. The second-order valence-electron chi connectivity index (χ2n) is 7.54. The number of benzene rings is 2. The Bertz CT molecular complexity index is 1350. The number of pyridine rings is 1. The van der Waals surface area contributed by atoms with Crippen molar-refractivity contribution in [3.63, 3.8) is 0 Å². The van der Waals surface area contributed by atoms with Gasteiger partial charge in [-0.15, -0.1) is 0 Å². The topological polar surface area (TPSA) is 104 Å². The van der Waals surface area contributed by atoms with Gasteiger partial charge in [0.25, 0.3) is 0 Å². The fraction of sp³-hybridized carbons (Fsp3) is 0.167. The highest BCUT2D eigenvalue weighted by Gasteiger charge is 2.13. The average Bonchev–Trinajstić information content (AvgIpc) is 3.29. The first-order chi connectivity index (χ1) is 15.9. The molecule has 4 aromatic rings. The van der Waals surface area contributed by atoms with Crippen molar-refractivity contribution < 1.29 is 13.2 Å². The Kier molecular flexibility index (Phi) is 7.08. The van der Waals surface area contributed by atoms with Crippen molar-refractivity contribution in [1.29, 1.82) is 0 Å². The molecule has 0 radical (unpaired) electrons. The van der Waals surface area contributed by atoms with E-state index in [4.69, 9.17) is 11.6 Å². The Hall–Kier alpha value is -3.20. The zero-order valence-electron chi connectivity index (χ0n) is 17.7. The molecule has 7 nitrogen and oxygen atoms in total. The number of carbonyl (C=O) groups is 1. The lowest BCUT2D eigenvalue weighted by Gasteiger charge is -2.09. The summed E-state index contributed by atoms with van der Waals surface area (Å²) in [6, 6.07) is 18.0. The van der Waals surface area contributed by atoms with Crippen LogP contribution in [0.4, 0.5) is 0 Å². The molecule has 2 heterocycles. The maximum atomic E-state index is 12.2. The number of amides is 1. The monoisotopic (exact) mass is 482 g/mol. The van der Waals surface area contributed by atoms with E-state index in [2.05, 4.69) is 26.1 Å². The number of aryl methyl sites for hydroxylation is 1. The van der Waals surface area contributed by atoms with Gasteiger partial charge in [-0.3, -0.25) is 4.79 Å². The molecule has 0 saturated carbocycles. The van der Waals surface area contributed by atoms with Crippen LogP contribution in [0.3, 0.4) is 0 Å². The Morgan fingerprint density at radius 3 is 2.48 bits per heavy atom. The van der Waals surface area contributed by atoms with Gasteiger partial charge in [-0.05, 0) is 53.9 Å². The van der Waals surface area contributed by atoms with Gasteiger partial charge < -0.3 is 10.3 Å². The number of rotatable bonds is 9. The van der Waals surface area contributed by atoms with Crippen LogP contribution >= 0.6 is 11.6 Å². The maximum absolute atomic E-state index is 12.2. The van der Waals surface area contributed by atoms with E-state index in [0.717, 1.165) is 27.7 Å². The van der Waals surface area contributed by atoms with Gasteiger partial charge in [0.05, 0.1) is 4.90 Å². The van der Waals surface area contributed by atoms with E-state index in [1.807, 2.05) is 42.7 Å². The van der Waals surface area contributed by atoms with Crippen molar-refractivity contribution in [2.75, 3.05) is 13.1 Å². The lowest BCUT2D eigenvalue weighted by molar-refractivity contribution is -0.121. The number of hydrogen-bond donors (Lipinski definition) is 3. The standard InChI is InChI=1S/C24H23ClN4O3S/c25-21-6-8-22(9-7-21)33(31,32)29-14-13-26-23(30)10-3-17-1-4-18(5-2-17)20-15-19-11-12-27-24(19)28-16-20/h1-2,4-9,11-12,15-16,29H,3,10,13-14H2,(H,26,30)(H,27,28). The van der Waals surface area contributed by atoms with Crippen molar-refractivity contribution in [2.24, 2.45) is 0 Å². The van der Waals surface area contributed by atoms with Gasteiger partial charge in [0, 0.05) is 47.9 Å². The summed E-state index contributed by atoms with van der Waals surface area (Å²) in [5.74, 6) is -0.133. The van der Waals surface area contributed by atoms with Gasteiger partial charge in [0.2, 0.25) is 15.9 Å². The van der Waals surface area contributed by atoms with Gasteiger partial charge in [-0.25, -0.2) is 18.1 Å². The summed E-state index contributed by atoms with van der Waals surface area (Å²) in [5.41, 5.74) is 4.01. The SMILES string of the molecule is O=C(CCc1ccc(-c2cnc3[nH]ccc3c2)cc1)NCCNS(=O)(=O)c1ccc(Cl)cc1. The zero-order valence-corrected chi connectivity index (χ0v) is 19.3. The van der Waals surface area contributed by atoms with Crippen LogP contribution in [0.1, 0.15) is 12.0 Å². The van der Waals surface area contributed by atoms with Crippen molar-refractivity contribution >= 4 is 38.6 Å². The Morgan fingerprint density at radius 1 is 0.970 bits per heavy atom. The molecule has 2 aromatic carbocycles. The molecular formula is C24H23ClN4O3S. The van der Waals surface area contributed by atoms with Crippen LogP contribution in [0.2, 0.25) is 5.02 Å². The predicted molar refractivity (Wildman–Crippen MR) is 130 cm³/mol. The Balaban J connectivity index is 1.21. The van der Waals surface area contributed by atoms with Crippen LogP contribution in [0.5, 0.6) is 0 Å². The molecule has 170 valence electrons. The lowest BCUT2D eigenvalue weighted by atomic mass is 10.0. The minimum Gasteiger partial charge on any atom is -0.355 e. The quantitative estimate of drug-likeness (QED) is 0.314. The molecule has 0 saturated heterocycles. The van der Waals surface area contributed by atoms with E-state index < -0.39 is 10.0 Å². The number of nitrogens with one attached hydrogen (secondary N) is 3. The fourth-order valence-electron chi connectivity index (χ4n) is 3.39. The highest BCUT2D eigenvalue weighted by atomic mass is 35.5. The molecule has 0 aliphatic carbocycles. The molecular weight excluding hydrogens is 460 g/mol. The van der Waals surface area contributed by atoms with Crippen LogP contribution in [0.25, 0.3) is 22.2 Å². The number of fused-ring (bicyclic) bond motifs is 1. The van der Waals surface area contributed by atoms with Crippen LogP contribution in [-0.4, -0.2) is 37.4 Å². The first-order valence-corrected chi connectivity index (χ1v) is 12.3. The summed E-state index contributed by atoms with van der Waals surface area (Å²) in [6.07, 6.45) is 4.62. The summed E-state index contributed by atoms with van der Waals surface area (Å²) in [6.45, 7) is 0.310. The van der Waals surface area contributed by atoms with Gasteiger partial charge >= 0.3 is 0 Å². The predicted octanol–water partition coefficient (Wildman–Crippen LogP) is 3.91. The number of aromatic nitrogens is 2. The summed E-state index contributed by atoms with van der Waals surface area (Å²) in [7, 11) is -3.63. The third-order valence-corrected chi connectivity index (χ3v) is 6.92. The van der Waals surface area contributed by atoms with Crippen molar-refractivity contribution in [1.82, 2.24) is 20.0 Å². The van der Waals surface area contributed by atoms with Crippen molar-refractivity contribution in [3.05, 3.63) is 83.6 Å². The van der Waals surface area contributed by atoms with Crippen LogP contribution in [0.15, 0.2) is 78.0 Å². The summed E-state index contributed by atoms with van der Waals surface area (Å²) in [5, 5.41) is 4.26. The molecule has 0 aliphatic rings. The first kappa shape index (κ1) is 23.0. The van der Waals surface area contributed by atoms with Crippen LogP contribution in [-0.2, 0) is 21.2 Å². The van der Waals surface area contributed by atoms with E-state index in [-0.39, 0.29) is 23.9 Å². The summed E-state index contributed by atoms with van der Waals surface area (Å²) >= 11 is 5.78. The molecule has 9 heteroatoms. The second kappa shape index (κ2) is 10.2. The minimum absolute atomic E-state index is 0.102. The molecule has 0 unspecified atom stereocenters. The van der Waals surface area contributed by atoms with E-state index in [0.29, 0.717) is 17.9 Å². The molecule has 3 N–H and O–H groups in total. The van der Waals surface area contributed by atoms with Gasteiger partial charge in [0.15, 0.2) is 0 Å². The van der Waals surface area contributed by atoms with Crippen molar-refractivity contribution in [3.8, 4) is 11.1 Å². The second-order valence-corrected chi connectivity index (χ2v) is 9.74. The molecule has 0 bridgehead atoms. The average molecular weight is 483 g/mol. The number of sulfonamides is 1. The van der Waals surface area contributed by atoms with E-state index in [9.17, 15) is 13.2 Å². The van der Waals surface area contributed by atoms with Crippen LogP contribution in [0, 0.1) is 0 Å². The highest BCUT2D eigenvalue weighted by Crippen LogP contribution is 2.23. The number of aromatic amines is 1. The molecule has 0 atom stereocenters. The van der Waals surface area contributed by atoms with E-state index in [1.54, 1.807) is 0 Å². The minimum atomic E-state index is -3.63. The highest BCUT2D eigenvalue weighted by molar-refractivity contribution is 7.89. The van der Waals surface area contributed by atoms with Gasteiger partial charge in [0.1, 0.15) is 5.65 Å². The van der Waals surface area contributed by atoms with E-state index >= 15 is 0 Å². The molecule has 4 rings (SSSR count). The number of carbonyl (C=O) groups excluding carboxylic acids is 1. The number of nitrogens with zero attached hydrogens (tertiary/aromatic N) is 1. The zero-order chi connectivity index (χ0) is 23.3. The summed E-state index contributed by atoms with van der Waals surface area (Å²) in [4.78, 5) is 19.7. The molecule has 0 fully saturated rings. The van der Waals surface area contributed by atoms with Gasteiger partial charge in [-0.1, -0.05) is 35.9 Å². The van der Waals surface area contributed by atoms with Gasteiger partial charge in [-0.2, -0.15) is 0 Å². The van der Waals surface area contributed by atoms with E-state index in [1.165, 1.54) is 24.3 Å². The maximum Gasteiger partial charge on any atom is 0.240 e. The first-order valence-electron chi connectivity index (χ1n) is 10.5. The summed E-state index contributed by atoms with van der Waals surface area (Å²) < 4.78 is 26.9. The molecule has 33 heavy (non-hydrogen) atoms. The molecule has 0 spiro atoms. The molecule has 0 aliphatic heterocycles. The number of H-pyrrole nitrogens is 1. The third-order valence-electron chi connectivity index (χ3n) is 5.19.